The summed E-state index contributed by atoms with van der Waals surface area (Å²) in [6.07, 6.45) is 0. The summed E-state index contributed by atoms with van der Waals surface area (Å²) in [6, 6.07) is 0. The van der Waals surface area contributed by atoms with E-state index in [9.17, 15) is 0 Å². The van der Waals surface area contributed by atoms with Gasteiger partial charge in [0.25, 0.3) is 0 Å². The van der Waals surface area contributed by atoms with Crippen LogP contribution < -0.4 is 10.6 Å². The van der Waals surface area contributed by atoms with Gasteiger partial charge in [-0.3, -0.25) is 9.80 Å². The molecule has 2 aliphatic heterocycles. The van der Waals surface area contributed by atoms with Crippen LogP contribution in [0.4, 0.5) is 11.6 Å². The van der Waals surface area contributed by atoms with Crippen molar-refractivity contribution in [2.75, 3.05) is 89.4 Å². The zero-order valence-electron chi connectivity index (χ0n) is 17.4. The van der Waals surface area contributed by atoms with Crippen molar-refractivity contribution in [3.05, 3.63) is 11.0 Å². The third-order valence-electron chi connectivity index (χ3n) is 5.25. The molecule has 0 aromatic carbocycles. The number of halogens is 1. The molecule has 10 nitrogen and oxygen atoms in total. The Morgan fingerprint density at radius 2 is 1.37 bits per heavy atom. The zero-order valence-corrected chi connectivity index (χ0v) is 18.1. The Kier molecular flexibility index (Phi) is 7.45. The molecule has 0 spiro atoms. The van der Waals surface area contributed by atoms with Crippen LogP contribution in [0.15, 0.2) is 0 Å². The zero-order chi connectivity index (χ0) is 20.8. The van der Waals surface area contributed by atoms with E-state index in [-0.39, 0.29) is 0 Å². The molecule has 0 atom stereocenters. The molecule has 2 aromatic heterocycles. The summed E-state index contributed by atoms with van der Waals surface area (Å²) in [5, 5.41) is 6.99. The van der Waals surface area contributed by atoms with E-state index >= 15 is 0 Å². The summed E-state index contributed by atoms with van der Waals surface area (Å²) in [7, 11) is 0. The molecule has 2 aromatic rings. The fraction of sp³-hybridized carbons (Fsp3) is 0.684. The molecule has 30 heavy (non-hydrogen) atoms. The third-order valence-corrected chi connectivity index (χ3v) is 5.51. The molecule has 0 amide bonds. The van der Waals surface area contributed by atoms with Gasteiger partial charge >= 0.3 is 0 Å². The molecule has 2 saturated heterocycles. The Balaban J connectivity index is 1.40. The molecule has 2 N–H and O–H groups in total. The Bertz CT molecular complexity index is 843. The van der Waals surface area contributed by atoms with Crippen LogP contribution in [0.2, 0.25) is 5.15 Å². The Hall–Kier alpha value is -1.85. The van der Waals surface area contributed by atoms with E-state index < -0.39 is 0 Å². The van der Waals surface area contributed by atoms with Gasteiger partial charge in [0.05, 0.1) is 26.4 Å². The monoisotopic (exact) mass is 436 g/mol. The lowest BCUT2D eigenvalue weighted by molar-refractivity contribution is 0.0398. The third kappa shape index (κ3) is 5.64. The minimum atomic E-state index is 0.327. The highest BCUT2D eigenvalue weighted by Crippen LogP contribution is 2.24. The first-order valence-electron chi connectivity index (χ1n) is 10.5. The predicted octanol–water partition coefficient (Wildman–Crippen LogP) is 0.870. The fourth-order valence-electron chi connectivity index (χ4n) is 3.59. The number of hydrogen-bond acceptors (Lipinski definition) is 10. The number of nitrogens with one attached hydrogen (secondary N) is 2. The maximum Gasteiger partial charge on any atom is 0.185 e. The van der Waals surface area contributed by atoms with Crippen molar-refractivity contribution in [1.82, 2.24) is 29.7 Å². The first kappa shape index (κ1) is 21.4. The number of morpholine rings is 2. The van der Waals surface area contributed by atoms with E-state index in [1.54, 1.807) is 0 Å². The molecule has 11 heteroatoms. The number of aryl methyl sites for hydroxylation is 1. The largest absolute Gasteiger partial charge is 0.379 e. The van der Waals surface area contributed by atoms with E-state index in [0.29, 0.717) is 33.8 Å². The van der Waals surface area contributed by atoms with Crippen molar-refractivity contribution in [1.29, 1.82) is 0 Å². The van der Waals surface area contributed by atoms with Crippen LogP contribution >= 0.6 is 11.6 Å². The standard InChI is InChI=1S/C19H29ClN8O2/c1-14-23-17(21-2-4-27-6-10-29-11-7-27)15-18(24-14)26-19(16(20)25-15)22-3-5-28-8-12-30-13-9-28/h2-13H2,1H3,(H2,21,22,23,24,26). The molecular weight excluding hydrogens is 408 g/mol. The van der Waals surface area contributed by atoms with Crippen molar-refractivity contribution in [2.24, 2.45) is 0 Å². The second-order valence-corrected chi connectivity index (χ2v) is 7.77. The van der Waals surface area contributed by atoms with Crippen LogP contribution in [0.3, 0.4) is 0 Å². The molecule has 0 radical (unpaired) electrons. The van der Waals surface area contributed by atoms with Crippen molar-refractivity contribution in [3.63, 3.8) is 0 Å². The van der Waals surface area contributed by atoms with Crippen LogP contribution in [-0.2, 0) is 9.47 Å². The summed E-state index contributed by atoms with van der Waals surface area (Å²) in [5.41, 5.74) is 1.13. The second kappa shape index (κ2) is 10.5. The van der Waals surface area contributed by atoms with E-state index in [1.807, 2.05) is 6.92 Å². The molecule has 0 unspecified atom stereocenters. The molecule has 164 valence electrons. The number of hydrogen-bond donors (Lipinski definition) is 2. The van der Waals surface area contributed by atoms with Crippen molar-refractivity contribution in [2.45, 2.75) is 6.92 Å². The van der Waals surface area contributed by atoms with Crippen LogP contribution in [-0.4, -0.2) is 109 Å². The summed E-state index contributed by atoms with van der Waals surface area (Å²) < 4.78 is 10.8. The van der Waals surface area contributed by atoms with Gasteiger partial charge < -0.3 is 20.1 Å². The van der Waals surface area contributed by atoms with Crippen LogP contribution in [0.1, 0.15) is 5.82 Å². The average Bonchev–Trinajstić information content (AvgIpc) is 2.76. The van der Waals surface area contributed by atoms with E-state index in [2.05, 4.69) is 40.4 Å². The minimum Gasteiger partial charge on any atom is -0.379 e. The highest BCUT2D eigenvalue weighted by atomic mass is 35.5. The van der Waals surface area contributed by atoms with Crippen LogP contribution in [0.25, 0.3) is 11.2 Å². The van der Waals surface area contributed by atoms with Gasteiger partial charge in [-0.15, -0.1) is 0 Å². The predicted molar refractivity (Wildman–Crippen MR) is 116 cm³/mol. The molecule has 0 bridgehead atoms. The Labute approximate surface area is 181 Å². The van der Waals surface area contributed by atoms with Crippen LogP contribution in [0.5, 0.6) is 0 Å². The van der Waals surface area contributed by atoms with Crippen molar-refractivity contribution < 1.29 is 9.47 Å². The minimum absolute atomic E-state index is 0.327. The summed E-state index contributed by atoms with van der Waals surface area (Å²) >= 11 is 6.42. The number of anilines is 2. The number of aromatic nitrogens is 4. The molecule has 2 fully saturated rings. The summed E-state index contributed by atoms with van der Waals surface area (Å²) in [6.45, 7) is 12.1. The highest BCUT2D eigenvalue weighted by molar-refractivity contribution is 6.32. The van der Waals surface area contributed by atoms with Gasteiger partial charge in [-0.2, -0.15) is 0 Å². The molecule has 4 rings (SSSR count). The van der Waals surface area contributed by atoms with Gasteiger partial charge in [-0.05, 0) is 6.92 Å². The maximum absolute atomic E-state index is 6.42. The summed E-state index contributed by atoms with van der Waals surface area (Å²) in [5.74, 6) is 1.86. The van der Waals surface area contributed by atoms with Gasteiger partial charge in [-0.25, -0.2) is 19.9 Å². The van der Waals surface area contributed by atoms with Gasteiger partial charge in [-0.1, -0.05) is 11.6 Å². The van der Waals surface area contributed by atoms with Gasteiger partial charge in [0.1, 0.15) is 5.82 Å². The molecule has 0 saturated carbocycles. The molecule has 2 aliphatic rings. The number of fused-ring (bicyclic) bond motifs is 1. The maximum atomic E-state index is 6.42. The number of nitrogens with zero attached hydrogens (tertiary/aromatic N) is 6. The van der Waals surface area contributed by atoms with Crippen molar-refractivity contribution >= 4 is 34.4 Å². The lowest BCUT2D eigenvalue weighted by atomic mass is 10.4. The number of rotatable bonds is 8. The normalized spacial score (nSPS) is 18.6. The first-order valence-corrected chi connectivity index (χ1v) is 10.9. The highest BCUT2D eigenvalue weighted by Gasteiger charge is 2.15. The second-order valence-electron chi connectivity index (χ2n) is 7.42. The lowest BCUT2D eigenvalue weighted by Crippen LogP contribution is -2.39. The van der Waals surface area contributed by atoms with Gasteiger partial charge in [0, 0.05) is 52.4 Å². The number of ether oxygens (including phenoxy) is 2. The molecular formula is C19H29ClN8O2. The van der Waals surface area contributed by atoms with Crippen molar-refractivity contribution in [3.8, 4) is 0 Å². The van der Waals surface area contributed by atoms with Gasteiger partial charge in [0.2, 0.25) is 0 Å². The SMILES string of the molecule is Cc1nc(NCCN2CCOCC2)c2nc(Cl)c(NCCN3CCOCC3)nc2n1. The van der Waals surface area contributed by atoms with E-state index in [4.69, 9.17) is 21.1 Å². The van der Waals surface area contributed by atoms with E-state index in [1.165, 1.54) is 0 Å². The Morgan fingerprint density at radius 1 is 0.800 bits per heavy atom. The quantitative estimate of drug-likeness (QED) is 0.619. The van der Waals surface area contributed by atoms with Crippen LogP contribution in [0, 0.1) is 6.92 Å². The lowest BCUT2D eigenvalue weighted by Gasteiger charge is -2.26. The smallest absolute Gasteiger partial charge is 0.185 e. The molecule has 4 heterocycles. The van der Waals surface area contributed by atoms with Gasteiger partial charge in [0.15, 0.2) is 28.0 Å². The Morgan fingerprint density at radius 3 is 1.97 bits per heavy atom. The average molecular weight is 437 g/mol. The topological polar surface area (TPSA) is 101 Å². The first-order chi connectivity index (χ1) is 14.7. The summed E-state index contributed by atoms with van der Waals surface area (Å²) in [4.78, 5) is 22.8. The fourth-order valence-corrected chi connectivity index (χ4v) is 3.78. The van der Waals surface area contributed by atoms with E-state index in [0.717, 1.165) is 78.8 Å². The molecule has 0 aliphatic carbocycles.